The Morgan fingerprint density at radius 3 is 2.39 bits per heavy atom. The molecule has 4 nitrogen and oxygen atoms in total. The van der Waals surface area contributed by atoms with Crippen molar-refractivity contribution in [2.45, 2.75) is 39.0 Å². The van der Waals surface area contributed by atoms with E-state index in [1.165, 1.54) is 16.9 Å². The lowest BCUT2D eigenvalue weighted by molar-refractivity contribution is 0.218. The van der Waals surface area contributed by atoms with Crippen molar-refractivity contribution in [2.24, 2.45) is 4.99 Å². The van der Waals surface area contributed by atoms with Gasteiger partial charge in [0.1, 0.15) is 0 Å². The summed E-state index contributed by atoms with van der Waals surface area (Å²) in [4.78, 5) is 19.1. The molecule has 2 heterocycles. The zero-order valence-corrected chi connectivity index (χ0v) is 14.8. The van der Waals surface area contributed by atoms with Crippen molar-refractivity contribution in [3.8, 4) is 5.69 Å². The lowest BCUT2D eigenvalue weighted by atomic mass is 9.87. The van der Waals surface area contributed by atoms with Crippen LogP contribution >= 0.6 is 11.3 Å². The molecule has 0 radical (unpaired) electrons. The molecule has 3 rings (SSSR count). The molecule has 0 N–H and O–H groups in total. The summed E-state index contributed by atoms with van der Waals surface area (Å²) in [6.45, 7) is 8.27. The Morgan fingerprint density at radius 1 is 1.13 bits per heavy atom. The first-order valence-corrected chi connectivity index (χ1v) is 8.94. The molecule has 1 saturated heterocycles. The molecule has 0 spiro atoms. The lowest BCUT2D eigenvalue weighted by Crippen LogP contribution is -2.27. The molecule has 1 aromatic heterocycles. The van der Waals surface area contributed by atoms with Gasteiger partial charge in [-0.05, 0) is 36.0 Å². The highest BCUT2D eigenvalue weighted by Crippen LogP contribution is 2.23. The summed E-state index contributed by atoms with van der Waals surface area (Å²) in [6.07, 6.45) is 4.13. The molecule has 0 bridgehead atoms. The van der Waals surface area contributed by atoms with Crippen molar-refractivity contribution in [2.75, 3.05) is 13.1 Å². The van der Waals surface area contributed by atoms with Crippen LogP contribution in [0.1, 0.15) is 39.2 Å². The van der Waals surface area contributed by atoms with E-state index < -0.39 is 0 Å². The fourth-order valence-electron chi connectivity index (χ4n) is 2.73. The van der Waals surface area contributed by atoms with E-state index in [0.717, 1.165) is 36.4 Å². The van der Waals surface area contributed by atoms with Crippen LogP contribution in [-0.2, 0) is 5.41 Å². The largest absolute Gasteiger partial charge is 0.346 e. The third kappa shape index (κ3) is 3.55. The highest BCUT2D eigenvalue weighted by atomic mass is 32.1. The fraction of sp³-hybridized carbons (Fsp3) is 0.444. The lowest BCUT2D eigenvalue weighted by Gasteiger charge is -2.19. The van der Waals surface area contributed by atoms with E-state index in [1.807, 2.05) is 21.0 Å². The summed E-state index contributed by atoms with van der Waals surface area (Å²) in [5.41, 5.74) is 2.47. The number of amides is 2. The number of benzene rings is 1. The molecule has 2 aromatic rings. The minimum Gasteiger partial charge on any atom is -0.323 e. The summed E-state index contributed by atoms with van der Waals surface area (Å²) in [5.74, 6) is 0. The second kappa shape index (κ2) is 6.32. The van der Waals surface area contributed by atoms with Gasteiger partial charge >= 0.3 is 6.03 Å². The molecule has 1 fully saturated rings. The van der Waals surface area contributed by atoms with Gasteiger partial charge in [-0.3, -0.25) is 4.57 Å². The van der Waals surface area contributed by atoms with E-state index in [2.05, 4.69) is 50.0 Å². The Bertz CT molecular complexity index is 744. The normalized spacial score (nSPS) is 16.1. The smallest absolute Gasteiger partial charge is 0.323 e. The van der Waals surface area contributed by atoms with Crippen molar-refractivity contribution in [3.63, 3.8) is 0 Å². The number of thiazole rings is 1. The fourth-order valence-corrected chi connectivity index (χ4v) is 3.45. The van der Waals surface area contributed by atoms with Gasteiger partial charge in [-0.15, -0.1) is 11.3 Å². The van der Waals surface area contributed by atoms with Crippen molar-refractivity contribution in [1.82, 2.24) is 9.47 Å². The summed E-state index contributed by atoms with van der Waals surface area (Å²) in [7, 11) is 0. The molecule has 0 atom stereocenters. The standard InChI is InChI=1S/C18H23N3OS/c1-18(2,3)14-6-8-15(9-7-14)21-12-13-23-17(21)19-16(22)20-10-4-5-11-20/h6-9,12-13H,4-5,10-11H2,1-3H3/b19-17-. The highest BCUT2D eigenvalue weighted by Gasteiger charge is 2.17. The van der Waals surface area contributed by atoms with Gasteiger partial charge in [0.05, 0.1) is 0 Å². The van der Waals surface area contributed by atoms with Crippen molar-refractivity contribution < 1.29 is 4.79 Å². The summed E-state index contributed by atoms with van der Waals surface area (Å²) < 4.78 is 1.98. The number of rotatable bonds is 1. The monoisotopic (exact) mass is 329 g/mol. The minimum atomic E-state index is -0.120. The molecular formula is C18H23N3OS. The predicted molar refractivity (Wildman–Crippen MR) is 94.1 cm³/mol. The Morgan fingerprint density at radius 2 is 1.78 bits per heavy atom. The van der Waals surface area contributed by atoms with Crippen LogP contribution in [0.2, 0.25) is 0 Å². The van der Waals surface area contributed by atoms with Crippen molar-refractivity contribution >= 4 is 17.4 Å². The minimum absolute atomic E-state index is 0.120. The van der Waals surface area contributed by atoms with Crippen molar-refractivity contribution in [1.29, 1.82) is 0 Å². The SMILES string of the molecule is CC(C)(C)c1ccc(-n2ccs/c2=N\C(=O)N2CCCC2)cc1. The van der Waals surface area contributed by atoms with Crippen LogP contribution in [0.25, 0.3) is 5.69 Å². The zero-order valence-electron chi connectivity index (χ0n) is 14.0. The van der Waals surface area contributed by atoms with Crippen LogP contribution in [0.15, 0.2) is 40.8 Å². The second-order valence-electron chi connectivity index (χ2n) is 6.94. The van der Waals surface area contributed by atoms with Crippen LogP contribution < -0.4 is 4.80 Å². The summed E-state index contributed by atoms with van der Waals surface area (Å²) in [5, 5.41) is 1.97. The number of nitrogens with zero attached hydrogens (tertiary/aromatic N) is 3. The van der Waals surface area contributed by atoms with E-state index in [1.54, 1.807) is 0 Å². The molecule has 5 heteroatoms. The zero-order chi connectivity index (χ0) is 16.4. The quantitative estimate of drug-likeness (QED) is 0.780. The molecular weight excluding hydrogens is 306 g/mol. The second-order valence-corrected chi connectivity index (χ2v) is 7.81. The van der Waals surface area contributed by atoms with Gasteiger partial charge in [-0.2, -0.15) is 4.99 Å². The maximum absolute atomic E-state index is 12.2. The van der Waals surface area contributed by atoms with E-state index in [4.69, 9.17) is 0 Å². The van der Waals surface area contributed by atoms with Crippen LogP contribution in [0.4, 0.5) is 4.79 Å². The average Bonchev–Trinajstić information content (AvgIpc) is 3.18. The molecule has 0 unspecified atom stereocenters. The first kappa shape index (κ1) is 16.0. The predicted octanol–water partition coefficient (Wildman–Crippen LogP) is 3.95. The van der Waals surface area contributed by atoms with Gasteiger partial charge in [0.15, 0.2) is 4.80 Å². The van der Waals surface area contributed by atoms with Gasteiger partial charge in [-0.1, -0.05) is 32.9 Å². The molecule has 1 aromatic carbocycles. The third-order valence-corrected chi connectivity index (χ3v) is 4.93. The van der Waals surface area contributed by atoms with Gasteiger partial charge < -0.3 is 4.90 Å². The third-order valence-electron chi connectivity index (χ3n) is 4.17. The van der Waals surface area contributed by atoms with E-state index in [0.29, 0.717) is 0 Å². The number of hydrogen-bond donors (Lipinski definition) is 0. The molecule has 1 aliphatic heterocycles. The Hall–Kier alpha value is -1.88. The number of hydrogen-bond acceptors (Lipinski definition) is 2. The molecule has 1 aliphatic rings. The average molecular weight is 329 g/mol. The number of aromatic nitrogens is 1. The first-order chi connectivity index (χ1) is 10.9. The molecule has 0 saturated carbocycles. The maximum atomic E-state index is 12.2. The van der Waals surface area contributed by atoms with Gasteiger partial charge in [-0.25, -0.2) is 4.79 Å². The topological polar surface area (TPSA) is 37.6 Å². The summed E-state index contributed by atoms with van der Waals surface area (Å²) in [6, 6.07) is 8.35. The summed E-state index contributed by atoms with van der Waals surface area (Å²) >= 11 is 1.49. The maximum Gasteiger partial charge on any atom is 0.346 e. The van der Waals surface area contributed by atoms with E-state index >= 15 is 0 Å². The number of urea groups is 1. The van der Waals surface area contributed by atoms with Crippen LogP contribution in [0.5, 0.6) is 0 Å². The number of carbonyl (C=O) groups is 1. The molecule has 23 heavy (non-hydrogen) atoms. The highest BCUT2D eigenvalue weighted by molar-refractivity contribution is 7.07. The number of likely N-dealkylation sites (tertiary alicyclic amines) is 1. The van der Waals surface area contributed by atoms with E-state index in [9.17, 15) is 4.79 Å². The number of carbonyl (C=O) groups excluding carboxylic acids is 1. The van der Waals surface area contributed by atoms with E-state index in [-0.39, 0.29) is 11.4 Å². The van der Waals surface area contributed by atoms with Crippen LogP contribution in [0, 0.1) is 0 Å². The van der Waals surface area contributed by atoms with Gasteiger partial charge in [0, 0.05) is 30.4 Å². The van der Waals surface area contributed by atoms with Crippen LogP contribution in [-0.4, -0.2) is 28.6 Å². The van der Waals surface area contributed by atoms with Gasteiger partial charge in [0.2, 0.25) is 0 Å². The Labute approximate surface area is 141 Å². The first-order valence-electron chi connectivity index (χ1n) is 8.06. The molecule has 122 valence electrons. The molecule has 0 aliphatic carbocycles. The molecule has 2 amide bonds. The van der Waals surface area contributed by atoms with Crippen LogP contribution in [0.3, 0.4) is 0 Å². The Kier molecular flexibility index (Phi) is 4.39. The van der Waals surface area contributed by atoms with Crippen molar-refractivity contribution in [3.05, 3.63) is 46.2 Å². The van der Waals surface area contributed by atoms with Gasteiger partial charge in [0.25, 0.3) is 0 Å². The Balaban J connectivity index is 1.90.